The van der Waals surface area contributed by atoms with Crippen molar-refractivity contribution in [3.05, 3.63) is 71.9 Å². The molecule has 3 aromatic rings. The summed E-state index contributed by atoms with van der Waals surface area (Å²) in [6, 6.07) is 13.4. The molecule has 0 atom stereocenters. The molecule has 5 heteroatoms. The van der Waals surface area contributed by atoms with Gasteiger partial charge in [0, 0.05) is 29.4 Å². The smallest absolute Gasteiger partial charge is 0.250 e. The lowest BCUT2D eigenvalue weighted by Crippen LogP contribution is -2.07. The van der Waals surface area contributed by atoms with E-state index >= 15 is 0 Å². The van der Waals surface area contributed by atoms with E-state index in [1.54, 1.807) is 18.5 Å². The van der Waals surface area contributed by atoms with Crippen LogP contribution in [0.1, 0.15) is 5.56 Å². The summed E-state index contributed by atoms with van der Waals surface area (Å²) in [5, 5.41) is 5.26. The molecular formula is C17H13N3OS. The van der Waals surface area contributed by atoms with Gasteiger partial charge in [0.15, 0.2) is 5.13 Å². The molecule has 0 aliphatic carbocycles. The second-order valence-electron chi connectivity index (χ2n) is 4.51. The van der Waals surface area contributed by atoms with Crippen molar-refractivity contribution in [1.82, 2.24) is 9.97 Å². The zero-order valence-electron chi connectivity index (χ0n) is 11.6. The molecule has 1 aromatic carbocycles. The van der Waals surface area contributed by atoms with Crippen LogP contribution in [0.4, 0.5) is 5.13 Å². The van der Waals surface area contributed by atoms with E-state index in [-0.39, 0.29) is 5.91 Å². The van der Waals surface area contributed by atoms with Crippen molar-refractivity contribution in [3.63, 3.8) is 0 Å². The Morgan fingerprint density at radius 3 is 2.64 bits per heavy atom. The normalized spacial score (nSPS) is 10.7. The van der Waals surface area contributed by atoms with E-state index in [0.717, 1.165) is 16.8 Å². The average Bonchev–Trinajstić information content (AvgIpc) is 3.03. The number of thiazole rings is 1. The quantitative estimate of drug-likeness (QED) is 0.745. The Hall–Kier alpha value is -2.79. The van der Waals surface area contributed by atoms with Crippen LogP contribution in [0, 0.1) is 0 Å². The second-order valence-corrected chi connectivity index (χ2v) is 5.37. The average molecular weight is 307 g/mol. The number of nitrogens with zero attached hydrogens (tertiary/aromatic N) is 2. The molecule has 108 valence electrons. The Bertz CT molecular complexity index is 782. The molecule has 2 heterocycles. The molecule has 0 unspecified atom stereocenters. The molecule has 0 spiro atoms. The largest absolute Gasteiger partial charge is 0.298 e. The van der Waals surface area contributed by atoms with Crippen LogP contribution in [0.25, 0.3) is 17.3 Å². The van der Waals surface area contributed by atoms with Crippen molar-refractivity contribution in [2.24, 2.45) is 0 Å². The van der Waals surface area contributed by atoms with Gasteiger partial charge in [0.1, 0.15) is 0 Å². The Kier molecular flexibility index (Phi) is 4.36. The van der Waals surface area contributed by atoms with Crippen LogP contribution in [0.5, 0.6) is 0 Å². The van der Waals surface area contributed by atoms with E-state index in [0.29, 0.717) is 5.13 Å². The minimum atomic E-state index is -0.195. The van der Waals surface area contributed by atoms with Gasteiger partial charge in [-0.3, -0.25) is 15.1 Å². The number of hydrogen-bond acceptors (Lipinski definition) is 4. The summed E-state index contributed by atoms with van der Waals surface area (Å²) in [5.74, 6) is -0.195. The Balaban J connectivity index is 1.65. The first kappa shape index (κ1) is 14.2. The van der Waals surface area contributed by atoms with Crippen LogP contribution in [0.15, 0.2) is 66.3 Å². The Morgan fingerprint density at radius 2 is 1.86 bits per heavy atom. The predicted molar refractivity (Wildman–Crippen MR) is 89.5 cm³/mol. The van der Waals surface area contributed by atoms with E-state index in [9.17, 15) is 4.79 Å². The molecule has 0 fully saturated rings. The minimum absolute atomic E-state index is 0.195. The van der Waals surface area contributed by atoms with Gasteiger partial charge in [0.25, 0.3) is 0 Å². The van der Waals surface area contributed by atoms with Gasteiger partial charge >= 0.3 is 0 Å². The maximum absolute atomic E-state index is 11.9. The molecule has 0 bridgehead atoms. The summed E-state index contributed by atoms with van der Waals surface area (Å²) in [6.07, 6.45) is 6.71. The van der Waals surface area contributed by atoms with Gasteiger partial charge in [-0.15, -0.1) is 11.3 Å². The van der Waals surface area contributed by atoms with Gasteiger partial charge in [0.2, 0.25) is 5.91 Å². The Morgan fingerprint density at radius 1 is 1.09 bits per heavy atom. The first-order chi connectivity index (χ1) is 10.8. The third-order valence-electron chi connectivity index (χ3n) is 2.94. The standard InChI is InChI=1S/C17H13N3OS/c21-16(7-6-13-4-2-1-3-5-13)20-17-19-15(12-22-17)14-8-10-18-11-9-14/h1-12H,(H,19,20,21). The number of benzene rings is 1. The van der Waals surface area contributed by atoms with Crippen LogP contribution in [0.2, 0.25) is 0 Å². The van der Waals surface area contributed by atoms with E-state index in [1.807, 2.05) is 47.8 Å². The molecule has 0 saturated carbocycles. The second kappa shape index (κ2) is 6.78. The Labute approximate surface area is 132 Å². The number of hydrogen-bond donors (Lipinski definition) is 1. The first-order valence-corrected chi connectivity index (χ1v) is 7.59. The molecule has 3 rings (SSSR count). The van der Waals surface area contributed by atoms with E-state index in [1.165, 1.54) is 17.4 Å². The maximum atomic E-state index is 11.9. The lowest BCUT2D eigenvalue weighted by atomic mass is 10.2. The summed E-state index contributed by atoms with van der Waals surface area (Å²) < 4.78 is 0. The molecule has 0 radical (unpaired) electrons. The summed E-state index contributed by atoms with van der Waals surface area (Å²) in [5.41, 5.74) is 2.79. The number of aromatic nitrogens is 2. The summed E-state index contributed by atoms with van der Waals surface area (Å²) in [6.45, 7) is 0. The maximum Gasteiger partial charge on any atom is 0.250 e. The lowest BCUT2D eigenvalue weighted by molar-refractivity contribution is -0.111. The fourth-order valence-corrected chi connectivity index (χ4v) is 2.59. The number of rotatable bonds is 4. The summed E-state index contributed by atoms with van der Waals surface area (Å²) >= 11 is 1.40. The fourth-order valence-electron chi connectivity index (χ4n) is 1.87. The van der Waals surface area contributed by atoms with Crippen molar-refractivity contribution < 1.29 is 4.79 Å². The molecular weight excluding hydrogens is 294 g/mol. The lowest BCUT2D eigenvalue weighted by Gasteiger charge is -1.97. The number of anilines is 1. The minimum Gasteiger partial charge on any atom is -0.298 e. The summed E-state index contributed by atoms with van der Waals surface area (Å²) in [7, 11) is 0. The fraction of sp³-hybridized carbons (Fsp3) is 0. The summed E-state index contributed by atoms with van der Waals surface area (Å²) in [4.78, 5) is 20.3. The predicted octanol–water partition coefficient (Wildman–Crippen LogP) is 3.86. The van der Waals surface area contributed by atoms with Gasteiger partial charge in [-0.25, -0.2) is 4.98 Å². The van der Waals surface area contributed by atoms with Crippen LogP contribution >= 0.6 is 11.3 Å². The third kappa shape index (κ3) is 3.65. The zero-order chi connectivity index (χ0) is 15.2. The first-order valence-electron chi connectivity index (χ1n) is 6.71. The molecule has 22 heavy (non-hydrogen) atoms. The van der Waals surface area contributed by atoms with Crippen molar-refractivity contribution in [2.75, 3.05) is 5.32 Å². The number of pyridine rings is 1. The SMILES string of the molecule is O=C(C=Cc1ccccc1)Nc1nc(-c2ccncc2)cs1. The van der Waals surface area contributed by atoms with Crippen molar-refractivity contribution in [1.29, 1.82) is 0 Å². The molecule has 1 N–H and O–H groups in total. The zero-order valence-corrected chi connectivity index (χ0v) is 12.5. The van der Waals surface area contributed by atoms with Gasteiger partial charge in [-0.2, -0.15) is 0 Å². The number of carbonyl (C=O) groups excluding carboxylic acids is 1. The highest BCUT2D eigenvalue weighted by Gasteiger charge is 2.06. The van der Waals surface area contributed by atoms with Gasteiger partial charge < -0.3 is 0 Å². The molecule has 1 amide bonds. The van der Waals surface area contributed by atoms with Crippen molar-refractivity contribution in [2.45, 2.75) is 0 Å². The third-order valence-corrected chi connectivity index (χ3v) is 3.69. The highest BCUT2D eigenvalue weighted by atomic mass is 32.1. The number of carbonyl (C=O) groups is 1. The van der Waals surface area contributed by atoms with Crippen LogP contribution in [0.3, 0.4) is 0 Å². The highest BCUT2D eigenvalue weighted by Crippen LogP contribution is 2.24. The van der Waals surface area contributed by atoms with Gasteiger partial charge in [-0.05, 0) is 23.8 Å². The topological polar surface area (TPSA) is 54.9 Å². The van der Waals surface area contributed by atoms with Gasteiger partial charge in [-0.1, -0.05) is 30.3 Å². The van der Waals surface area contributed by atoms with Crippen LogP contribution in [-0.4, -0.2) is 15.9 Å². The van der Waals surface area contributed by atoms with E-state index < -0.39 is 0 Å². The monoisotopic (exact) mass is 307 g/mol. The van der Waals surface area contributed by atoms with Crippen LogP contribution < -0.4 is 5.32 Å². The van der Waals surface area contributed by atoms with Crippen molar-refractivity contribution >= 4 is 28.5 Å². The highest BCUT2D eigenvalue weighted by molar-refractivity contribution is 7.14. The van der Waals surface area contributed by atoms with Crippen LogP contribution in [-0.2, 0) is 4.79 Å². The van der Waals surface area contributed by atoms with E-state index in [2.05, 4.69) is 15.3 Å². The molecule has 0 aliphatic heterocycles. The van der Waals surface area contributed by atoms with E-state index in [4.69, 9.17) is 0 Å². The molecule has 0 aliphatic rings. The molecule has 0 saturated heterocycles. The van der Waals surface area contributed by atoms with Gasteiger partial charge in [0.05, 0.1) is 5.69 Å². The molecule has 2 aromatic heterocycles. The number of amides is 1. The molecule has 4 nitrogen and oxygen atoms in total. The number of nitrogens with one attached hydrogen (secondary N) is 1. The van der Waals surface area contributed by atoms with Crippen molar-refractivity contribution in [3.8, 4) is 11.3 Å².